The van der Waals surface area contributed by atoms with E-state index in [1.54, 1.807) is 11.3 Å². The molecule has 2 heterocycles. The Kier molecular flexibility index (Phi) is 4.09. The van der Waals surface area contributed by atoms with Crippen molar-refractivity contribution in [2.45, 2.75) is 46.5 Å². The molecule has 0 spiro atoms. The highest BCUT2D eigenvalue weighted by Crippen LogP contribution is 2.26. The van der Waals surface area contributed by atoms with Crippen LogP contribution in [0.15, 0.2) is 5.38 Å². The molecule has 108 valence electrons. The summed E-state index contributed by atoms with van der Waals surface area (Å²) in [6.07, 6.45) is 0.727. The van der Waals surface area contributed by atoms with E-state index in [9.17, 15) is 0 Å². The monoisotopic (exact) mass is 290 g/mol. The van der Waals surface area contributed by atoms with Crippen LogP contribution in [0.3, 0.4) is 0 Å². The molecule has 2 aromatic rings. The minimum Gasteiger partial charge on any atom is -0.372 e. The number of hydrogen-bond acceptors (Lipinski definition) is 5. The van der Waals surface area contributed by atoms with E-state index in [0.717, 1.165) is 40.0 Å². The van der Waals surface area contributed by atoms with Crippen molar-refractivity contribution in [3.05, 3.63) is 33.2 Å². The van der Waals surface area contributed by atoms with Gasteiger partial charge in [0, 0.05) is 24.3 Å². The average molecular weight is 290 g/mol. The molecule has 0 amide bonds. The zero-order chi connectivity index (χ0) is 14.9. The van der Waals surface area contributed by atoms with E-state index in [4.69, 9.17) is 4.98 Å². The molecule has 0 aliphatic carbocycles. The van der Waals surface area contributed by atoms with Crippen molar-refractivity contribution < 1.29 is 0 Å². The van der Waals surface area contributed by atoms with Gasteiger partial charge in [0.15, 0.2) is 0 Å². The van der Waals surface area contributed by atoms with E-state index in [1.807, 2.05) is 20.9 Å². The lowest BCUT2D eigenvalue weighted by Gasteiger charge is -2.14. The summed E-state index contributed by atoms with van der Waals surface area (Å²) in [5, 5.41) is 6.35. The number of hydrogen-bond donors (Lipinski definition) is 1. The van der Waals surface area contributed by atoms with Crippen molar-refractivity contribution in [2.75, 3.05) is 12.4 Å². The molecule has 0 saturated heterocycles. The van der Waals surface area contributed by atoms with Crippen LogP contribution in [0.25, 0.3) is 0 Å². The summed E-state index contributed by atoms with van der Waals surface area (Å²) in [4.78, 5) is 13.9. The molecule has 5 heteroatoms. The molecule has 0 aromatic carbocycles. The Morgan fingerprint density at radius 2 is 1.75 bits per heavy atom. The number of aryl methyl sites for hydroxylation is 2. The van der Waals surface area contributed by atoms with Crippen LogP contribution in [0.5, 0.6) is 0 Å². The van der Waals surface area contributed by atoms with Crippen molar-refractivity contribution in [3.8, 4) is 0 Å². The smallest absolute Gasteiger partial charge is 0.148 e. The van der Waals surface area contributed by atoms with E-state index >= 15 is 0 Å². The van der Waals surface area contributed by atoms with Gasteiger partial charge in [-0.15, -0.1) is 11.3 Å². The molecule has 0 bridgehead atoms. The van der Waals surface area contributed by atoms with Gasteiger partial charge in [0.1, 0.15) is 5.82 Å². The predicted molar refractivity (Wildman–Crippen MR) is 84.7 cm³/mol. The van der Waals surface area contributed by atoms with E-state index in [2.05, 4.69) is 41.4 Å². The molecular formula is C15H22N4S. The number of nitrogens with zero attached hydrogens (tertiary/aromatic N) is 3. The van der Waals surface area contributed by atoms with Gasteiger partial charge in [-0.05, 0) is 13.8 Å². The fourth-order valence-corrected chi connectivity index (χ4v) is 2.88. The van der Waals surface area contributed by atoms with Crippen LogP contribution in [0.1, 0.15) is 48.6 Å². The van der Waals surface area contributed by atoms with Gasteiger partial charge in [-0.1, -0.05) is 20.8 Å². The quantitative estimate of drug-likeness (QED) is 0.940. The Balaban J connectivity index is 2.30. The number of rotatable bonds is 3. The highest BCUT2D eigenvalue weighted by Gasteiger charge is 2.18. The predicted octanol–water partition coefficient (Wildman–Crippen LogP) is 3.48. The SMILES string of the molecule is CNc1nc(C)c(C)nc1Cc1nc(C(C)(C)C)cs1. The van der Waals surface area contributed by atoms with Crippen molar-refractivity contribution in [1.82, 2.24) is 15.0 Å². The summed E-state index contributed by atoms with van der Waals surface area (Å²) >= 11 is 1.69. The first-order valence-electron chi connectivity index (χ1n) is 6.78. The summed E-state index contributed by atoms with van der Waals surface area (Å²) in [5.74, 6) is 0.848. The van der Waals surface area contributed by atoms with Crippen molar-refractivity contribution in [2.24, 2.45) is 0 Å². The normalized spacial score (nSPS) is 11.7. The maximum atomic E-state index is 4.73. The lowest BCUT2D eigenvalue weighted by molar-refractivity contribution is 0.571. The van der Waals surface area contributed by atoms with Gasteiger partial charge >= 0.3 is 0 Å². The fraction of sp³-hybridized carbons (Fsp3) is 0.533. The number of anilines is 1. The molecule has 20 heavy (non-hydrogen) atoms. The summed E-state index contributed by atoms with van der Waals surface area (Å²) in [6, 6.07) is 0. The Hall–Kier alpha value is -1.49. The second-order valence-electron chi connectivity index (χ2n) is 5.99. The van der Waals surface area contributed by atoms with Crippen LogP contribution < -0.4 is 5.32 Å². The second-order valence-corrected chi connectivity index (χ2v) is 6.94. The first kappa shape index (κ1) is 14.9. The number of thiazole rings is 1. The standard InChI is InChI=1S/C15H22N4S/c1-9-10(2)18-14(16-6)11(17-9)7-13-19-12(8-20-13)15(3,4)5/h8H,7H2,1-6H3,(H,16,18). The fourth-order valence-electron chi connectivity index (χ4n) is 1.85. The summed E-state index contributed by atoms with van der Waals surface area (Å²) in [5.41, 5.74) is 4.14. The Labute approximate surface area is 124 Å². The molecular weight excluding hydrogens is 268 g/mol. The first-order chi connectivity index (χ1) is 9.31. The Morgan fingerprint density at radius 1 is 1.10 bits per heavy atom. The van der Waals surface area contributed by atoms with Crippen LogP contribution in [0.4, 0.5) is 5.82 Å². The minimum absolute atomic E-state index is 0.0927. The third-order valence-electron chi connectivity index (χ3n) is 3.25. The molecule has 0 fully saturated rings. The van der Waals surface area contributed by atoms with E-state index in [1.165, 1.54) is 0 Å². The lowest BCUT2D eigenvalue weighted by atomic mass is 9.93. The van der Waals surface area contributed by atoms with Crippen LogP contribution in [0, 0.1) is 13.8 Å². The molecule has 0 aliphatic heterocycles. The van der Waals surface area contributed by atoms with E-state index in [-0.39, 0.29) is 5.41 Å². The third-order valence-corrected chi connectivity index (χ3v) is 4.10. The number of aromatic nitrogens is 3. The zero-order valence-corrected chi connectivity index (χ0v) is 13.9. The highest BCUT2D eigenvalue weighted by molar-refractivity contribution is 7.09. The number of nitrogens with one attached hydrogen (secondary N) is 1. The first-order valence-corrected chi connectivity index (χ1v) is 7.66. The van der Waals surface area contributed by atoms with Crippen molar-refractivity contribution in [3.63, 3.8) is 0 Å². The third kappa shape index (κ3) is 3.15. The van der Waals surface area contributed by atoms with Gasteiger partial charge in [-0.25, -0.2) is 9.97 Å². The van der Waals surface area contributed by atoms with Gasteiger partial charge < -0.3 is 5.32 Å². The maximum absolute atomic E-state index is 4.73. The largest absolute Gasteiger partial charge is 0.372 e. The summed E-state index contributed by atoms with van der Waals surface area (Å²) in [6.45, 7) is 10.5. The van der Waals surface area contributed by atoms with Crippen LogP contribution in [-0.4, -0.2) is 22.0 Å². The van der Waals surface area contributed by atoms with Gasteiger partial charge in [0.05, 0.1) is 27.8 Å². The van der Waals surface area contributed by atoms with Crippen LogP contribution in [0.2, 0.25) is 0 Å². The maximum Gasteiger partial charge on any atom is 0.148 e. The topological polar surface area (TPSA) is 50.7 Å². The van der Waals surface area contributed by atoms with Gasteiger partial charge in [-0.2, -0.15) is 0 Å². The summed E-state index contributed by atoms with van der Waals surface area (Å²) in [7, 11) is 1.88. The molecule has 4 nitrogen and oxygen atoms in total. The molecule has 2 rings (SSSR count). The Morgan fingerprint density at radius 3 is 2.30 bits per heavy atom. The molecule has 0 unspecified atom stereocenters. The zero-order valence-electron chi connectivity index (χ0n) is 13.0. The van der Waals surface area contributed by atoms with Crippen LogP contribution >= 0.6 is 11.3 Å². The summed E-state index contributed by atoms with van der Waals surface area (Å²) < 4.78 is 0. The molecule has 2 aromatic heterocycles. The lowest BCUT2D eigenvalue weighted by Crippen LogP contribution is -2.12. The van der Waals surface area contributed by atoms with Gasteiger partial charge in [0.2, 0.25) is 0 Å². The molecule has 0 atom stereocenters. The minimum atomic E-state index is 0.0927. The second kappa shape index (κ2) is 5.48. The molecule has 1 N–H and O–H groups in total. The van der Waals surface area contributed by atoms with Crippen LogP contribution in [-0.2, 0) is 11.8 Å². The molecule has 0 saturated carbocycles. The van der Waals surface area contributed by atoms with Crippen molar-refractivity contribution in [1.29, 1.82) is 0 Å². The van der Waals surface area contributed by atoms with Gasteiger partial charge in [0.25, 0.3) is 0 Å². The Bertz CT molecular complexity index is 611. The van der Waals surface area contributed by atoms with E-state index in [0.29, 0.717) is 0 Å². The average Bonchev–Trinajstić information content (AvgIpc) is 2.82. The molecule has 0 radical (unpaired) electrons. The molecule has 0 aliphatic rings. The van der Waals surface area contributed by atoms with Gasteiger partial charge in [-0.3, -0.25) is 4.98 Å². The van der Waals surface area contributed by atoms with E-state index < -0.39 is 0 Å². The van der Waals surface area contributed by atoms with Crippen molar-refractivity contribution >= 4 is 17.2 Å². The highest BCUT2D eigenvalue weighted by atomic mass is 32.1.